The van der Waals surface area contributed by atoms with Crippen LogP contribution in [0.15, 0.2) is 30.3 Å². The maximum Gasteiger partial charge on any atom is 0.404 e. The first kappa shape index (κ1) is 12.5. The lowest BCUT2D eigenvalue weighted by molar-refractivity contribution is 0.0291. The first-order valence-corrected chi connectivity index (χ1v) is 4.95. The zero-order valence-electron chi connectivity index (χ0n) is 8.80. The lowest BCUT2D eigenvalue weighted by atomic mass is 10.2. The highest BCUT2D eigenvalue weighted by atomic mass is 16.5. The van der Waals surface area contributed by atoms with E-state index in [-0.39, 0.29) is 13.2 Å². The predicted molar refractivity (Wildman–Crippen MR) is 58.1 cm³/mol. The van der Waals surface area contributed by atoms with E-state index in [9.17, 15) is 9.90 Å². The Bertz CT molecular complexity index is 315. The van der Waals surface area contributed by atoms with Gasteiger partial charge in [0, 0.05) is 6.54 Å². The molecular formula is C11H15NO4. The van der Waals surface area contributed by atoms with Crippen LogP contribution in [-0.2, 0) is 11.3 Å². The third kappa shape index (κ3) is 5.33. The van der Waals surface area contributed by atoms with Crippen LogP contribution in [-0.4, -0.2) is 35.6 Å². The summed E-state index contributed by atoms with van der Waals surface area (Å²) >= 11 is 0. The van der Waals surface area contributed by atoms with Crippen molar-refractivity contribution in [2.45, 2.75) is 12.7 Å². The maximum atomic E-state index is 10.1. The molecule has 1 atom stereocenters. The van der Waals surface area contributed by atoms with Gasteiger partial charge in [-0.3, -0.25) is 0 Å². The van der Waals surface area contributed by atoms with E-state index < -0.39 is 12.2 Å². The number of ether oxygens (including phenoxy) is 1. The normalized spacial score (nSPS) is 12.1. The van der Waals surface area contributed by atoms with Gasteiger partial charge in [0.2, 0.25) is 0 Å². The molecule has 0 aromatic heterocycles. The zero-order chi connectivity index (χ0) is 11.8. The summed E-state index contributed by atoms with van der Waals surface area (Å²) in [5.74, 6) is 0. The first-order chi connectivity index (χ1) is 7.68. The monoisotopic (exact) mass is 225 g/mol. The van der Waals surface area contributed by atoms with Gasteiger partial charge in [0.15, 0.2) is 0 Å². The van der Waals surface area contributed by atoms with Crippen molar-refractivity contribution in [1.29, 1.82) is 0 Å². The molecule has 3 N–H and O–H groups in total. The fourth-order valence-corrected chi connectivity index (χ4v) is 1.15. The van der Waals surface area contributed by atoms with Gasteiger partial charge in [0.1, 0.15) is 0 Å². The van der Waals surface area contributed by atoms with Crippen molar-refractivity contribution < 1.29 is 19.7 Å². The topological polar surface area (TPSA) is 78.8 Å². The number of carbonyl (C=O) groups is 1. The maximum absolute atomic E-state index is 10.1. The van der Waals surface area contributed by atoms with Crippen LogP contribution in [0.3, 0.4) is 0 Å². The van der Waals surface area contributed by atoms with Crippen molar-refractivity contribution in [2.75, 3.05) is 13.2 Å². The van der Waals surface area contributed by atoms with Gasteiger partial charge >= 0.3 is 6.09 Å². The largest absolute Gasteiger partial charge is 0.465 e. The average molecular weight is 225 g/mol. The molecular weight excluding hydrogens is 210 g/mol. The van der Waals surface area contributed by atoms with Crippen LogP contribution in [0.1, 0.15) is 5.56 Å². The van der Waals surface area contributed by atoms with Crippen LogP contribution in [0.2, 0.25) is 0 Å². The standard InChI is InChI=1S/C11H15NO4/c13-10(6-12-11(14)15)8-16-7-9-4-2-1-3-5-9/h1-5,10,12-13H,6-8H2,(H,14,15). The summed E-state index contributed by atoms with van der Waals surface area (Å²) in [6, 6.07) is 9.56. The number of amides is 1. The number of hydrogen-bond acceptors (Lipinski definition) is 3. The van der Waals surface area contributed by atoms with Gasteiger partial charge < -0.3 is 20.3 Å². The average Bonchev–Trinajstić information content (AvgIpc) is 2.28. The highest BCUT2D eigenvalue weighted by Crippen LogP contribution is 2.00. The highest BCUT2D eigenvalue weighted by molar-refractivity contribution is 5.64. The van der Waals surface area contributed by atoms with Crippen LogP contribution < -0.4 is 5.32 Å². The number of rotatable bonds is 6. The lowest BCUT2D eigenvalue weighted by Gasteiger charge is -2.10. The Labute approximate surface area is 93.7 Å². The molecule has 16 heavy (non-hydrogen) atoms. The van der Waals surface area contributed by atoms with Crippen LogP contribution in [0.5, 0.6) is 0 Å². The van der Waals surface area contributed by atoms with Crippen LogP contribution >= 0.6 is 0 Å². The Hall–Kier alpha value is -1.59. The molecule has 1 rings (SSSR count). The summed E-state index contributed by atoms with van der Waals surface area (Å²) in [6.07, 6.45) is -1.97. The van der Waals surface area contributed by atoms with Gasteiger partial charge in [-0.2, -0.15) is 0 Å². The minimum atomic E-state index is -1.15. The summed E-state index contributed by atoms with van der Waals surface area (Å²) < 4.78 is 5.23. The summed E-state index contributed by atoms with van der Waals surface area (Å²) in [4.78, 5) is 10.1. The number of hydrogen-bond donors (Lipinski definition) is 3. The quantitative estimate of drug-likeness (QED) is 0.670. The van der Waals surface area contributed by atoms with Gasteiger partial charge in [-0.1, -0.05) is 30.3 Å². The highest BCUT2D eigenvalue weighted by Gasteiger charge is 2.05. The molecule has 0 spiro atoms. The molecule has 1 aromatic rings. The molecule has 0 aliphatic rings. The number of carboxylic acid groups (broad SMARTS) is 1. The van der Waals surface area contributed by atoms with Crippen molar-refractivity contribution in [1.82, 2.24) is 5.32 Å². The second-order valence-electron chi connectivity index (χ2n) is 3.34. The number of aliphatic hydroxyl groups is 1. The van der Waals surface area contributed by atoms with Gasteiger partial charge in [-0.05, 0) is 5.56 Å². The molecule has 0 radical (unpaired) electrons. The molecule has 1 unspecified atom stereocenters. The van der Waals surface area contributed by atoms with Crippen molar-refractivity contribution in [2.24, 2.45) is 0 Å². The molecule has 1 aromatic carbocycles. The Balaban J connectivity index is 2.13. The molecule has 0 bridgehead atoms. The van der Waals surface area contributed by atoms with Crippen molar-refractivity contribution in [3.63, 3.8) is 0 Å². The van der Waals surface area contributed by atoms with E-state index in [1.807, 2.05) is 30.3 Å². The summed E-state index contributed by atoms with van der Waals surface area (Å²) in [5.41, 5.74) is 1.01. The van der Waals surface area contributed by atoms with E-state index in [2.05, 4.69) is 5.32 Å². The molecule has 0 saturated carbocycles. The zero-order valence-corrected chi connectivity index (χ0v) is 8.80. The fraction of sp³-hybridized carbons (Fsp3) is 0.364. The molecule has 5 heteroatoms. The minimum absolute atomic E-state index is 0.0237. The smallest absolute Gasteiger partial charge is 0.404 e. The molecule has 0 aliphatic carbocycles. The summed E-state index contributed by atoms with van der Waals surface area (Å²) in [5, 5.41) is 19.7. The minimum Gasteiger partial charge on any atom is -0.465 e. The molecule has 1 amide bonds. The third-order valence-corrected chi connectivity index (χ3v) is 1.91. The molecule has 0 heterocycles. The molecule has 88 valence electrons. The molecule has 0 fully saturated rings. The van der Waals surface area contributed by atoms with E-state index >= 15 is 0 Å². The van der Waals surface area contributed by atoms with E-state index in [4.69, 9.17) is 9.84 Å². The summed E-state index contributed by atoms with van der Waals surface area (Å²) in [7, 11) is 0. The van der Waals surface area contributed by atoms with Crippen LogP contribution in [0.25, 0.3) is 0 Å². The van der Waals surface area contributed by atoms with E-state index in [1.54, 1.807) is 0 Å². The van der Waals surface area contributed by atoms with Crippen molar-refractivity contribution in [3.8, 4) is 0 Å². The number of aliphatic hydroxyl groups excluding tert-OH is 1. The molecule has 0 saturated heterocycles. The van der Waals surface area contributed by atoms with Gasteiger partial charge in [0.25, 0.3) is 0 Å². The van der Waals surface area contributed by atoms with Gasteiger partial charge in [0.05, 0.1) is 19.3 Å². The van der Waals surface area contributed by atoms with E-state index in [0.29, 0.717) is 6.61 Å². The van der Waals surface area contributed by atoms with E-state index in [0.717, 1.165) is 5.56 Å². The molecule has 0 aliphatic heterocycles. The first-order valence-electron chi connectivity index (χ1n) is 4.95. The third-order valence-electron chi connectivity index (χ3n) is 1.91. The Kier molecular flexibility index (Phi) is 5.31. The van der Waals surface area contributed by atoms with E-state index in [1.165, 1.54) is 0 Å². The number of benzene rings is 1. The lowest BCUT2D eigenvalue weighted by Crippen LogP contribution is -2.33. The Morgan fingerprint density at radius 3 is 2.69 bits per heavy atom. The van der Waals surface area contributed by atoms with Crippen molar-refractivity contribution in [3.05, 3.63) is 35.9 Å². The Morgan fingerprint density at radius 2 is 2.06 bits per heavy atom. The Morgan fingerprint density at radius 1 is 1.38 bits per heavy atom. The number of nitrogens with one attached hydrogen (secondary N) is 1. The van der Waals surface area contributed by atoms with Gasteiger partial charge in [-0.25, -0.2) is 4.79 Å². The molecule has 5 nitrogen and oxygen atoms in total. The fourth-order valence-electron chi connectivity index (χ4n) is 1.15. The van der Waals surface area contributed by atoms with Gasteiger partial charge in [-0.15, -0.1) is 0 Å². The van der Waals surface area contributed by atoms with Crippen molar-refractivity contribution >= 4 is 6.09 Å². The predicted octanol–water partition coefficient (Wildman–Crippen LogP) is 0.832. The van der Waals surface area contributed by atoms with Crippen LogP contribution in [0, 0.1) is 0 Å². The second-order valence-corrected chi connectivity index (χ2v) is 3.34. The second kappa shape index (κ2) is 6.81. The van der Waals surface area contributed by atoms with Crippen LogP contribution in [0.4, 0.5) is 4.79 Å². The summed E-state index contributed by atoms with van der Waals surface area (Å²) in [6.45, 7) is 0.490. The SMILES string of the molecule is O=C(O)NCC(O)COCc1ccccc1.